The van der Waals surface area contributed by atoms with Crippen LogP contribution in [0.4, 0.5) is 14.5 Å². The second kappa shape index (κ2) is 5.54. The van der Waals surface area contributed by atoms with Gasteiger partial charge >= 0.3 is 0 Å². The van der Waals surface area contributed by atoms with Crippen LogP contribution in [-0.2, 0) is 4.79 Å². The third kappa shape index (κ3) is 2.93. The summed E-state index contributed by atoms with van der Waals surface area (Å²) in [5, 5.41) is 2.42. The van der Waals surface area contributed by atoms with E-state index in [0.717, 1.165) is 12.1 Å². The van der Waals surface area contributed by atoms with E-state index in [1.165, 1.54) is 4.90 Å². The van der Waals surface area contributed by atoms with Gasteiger partial charge in [-0.15, -0.1) is 0 Å². The molecule has 0 atom stereocenters. The van der Waals surface area contributed by atoms with Crippen LogP contribution in [0.3, 0.4) is 0 Å². The molecule has 0 saturated heterocycles. The van der Waals surface area contributed by atoms with Crippen molar-refractivity contribution in [1.82, 2.24) is 9.80 Å². The maximum Gasteiger partial charge on any atom is 0.256 e. The van der Waals surface area contributed by atoms with Crippen molar-refractivity contribution in [3.05, 3.63) is 29.3 Å². The third-order valence-electron chi connectivity index (χ3n) is 3.00. The van der Waals surface area contributed by atoms with E-state index >= 15 is 0 Å². The van der Waals surface area contributed by atoms with Crippen LogP contribution in [-0.4, -0.2) is 55.3 Å². The highest BCUT2D eigenvalue weighted by Gasteiger charge is 2.27. The SMILES string of the molecule is CN(C)CCN1CC(=O)Nc2cc(F)c(F)cc2C1=O. The first kappa shape index (κ1) is 14.4. The van der Waals surface area contributed by atoms with Crippen LogP contribution in [0, 0.1) is 11.6 Å². The topological polar surface area (TPSA) is 52.6 Å². The first-order valence-corrected chi connectivity index (χ1v) is 6.11. The molecule has 1 heterocycles. The first-order chi connectivity index (χ1) is 9.38. The van der Waals surface area contributed by atoms with E-state index in [1.807, 2.05) is 19.0 Å². The zero-order valence-electron chi connectivity index (χ0n) is 11.2. The zero-order chi connectivity index (χ0) is 14.9. The Morgan fingerprint density at radius 1 is 1.25 bits per heavy atom. The fourth-order valence-corrected chi connectivity index (χ4v) is 1.93. The fraction of sp³-hybridized carbons (Fsp3) is 0.385. The molecule has 7 heteroatoms. The number of halogens is 2. The van der Waals surface area contributed by atoms with Crippen molar-refractivity contribution in [2.75, 3.05) is 39.0 Å². The van der Waals surface area contributed by atoms with Crippen molar-refractivity contribution < 1.29 is 18.4 Å². The summed E-state index contributed by atoms with van der Waals surface area (Å²) in [7, 11) is 3.68. The molecule has 0 unspecified atom stereocenters. The standard InChI is InChI=1S/C13H15F2N3O2/c1-17(2)3-4-18-7-12(19)16-11-6-10(15)9(14)5-8(11)13(18)20/h5-6H,3-4,7H2,1-2H3,(H,16,19). The van der Waals surface area contributed by atoms with Crippen LogP contribution in [0.5, 0.6) is 0 Å². The van der Waals surface area contributed by atoms with Gasteiger partial charge in [-0.3, -0.25) is 9.59 Å². The molecule has 0 spiro atoms. The highest BCUT2D eigenvalue weighted by Crippen LogP contribution is 2.23. The van der Waals surface area contributed by atoms with Gasteiger partial charge in [0, 0.05) is 19.2 Å². The average Bonchev–Trinajstić information content (AvgIpc) is 2.47. The number of benzene rings is 1. The molecule has 0 fully saturated rings. The molecule has 1 aliphatic heterocycles. The van der Waals surface area contributed by atoms with Crippen molar-refractivity contribution in [2.24, 2.45) is 0 Å². The summed E-state index contributed by atoms with van der Waals surface area (Å²) in [5.74, 6) is -3.12. The fourth-order valence-electron chi connectivity index (χ4n) is 1.93. The summed E-state index contributed by atoms with van der Waals surface area (Å²) in [6.45, 7) is 0.764. The lowest BCUT2D eigenvalue weighted by Gasteiger charge is -2.21. The minimum Gasteiger partial charge on any atom is -0.328 e. The number of fused-ring (bicyclic) bond motifs is 1. The Hall–Kier alpha value is -2.02. The van der Waals surface area contributed by atoms with E-state index in [0.29, 0.717) is 13.1 Å². The predicted octanol–water partition coefficient (Wildman–Crippen LogP) is 0.921. The number of likely N-dealkylation sites (N-methyl/N-ethyl adjacent to an activating group) is 1. The number of nitrogens with one attached hydrogen (secondary N) is 1. The van der Waals surface area contributed by atoms with Gasteiger partial charge in [-0.2, -0.15) is 0 Å². The van der Waals surface area contributed by atoms with E-state index in [2.05, 4.69) is 5.32 Å². The molecule has 2 amide bonds. The number of anilines is 1. The molecule has 1 N–H and O–H groups in total. The average molecular weight is 283 g/mol. The number of hydrogen-bond donors (Lipinski definition) is 1. The summed E-state index contributed by atoms with van der Waals surface area (Å²) < 4.78 is 26.5. The van der Waals surface area contributed by atoms with E-state index in [-0.39, 0.29) is 17.8 Å². The summed E-state index contributed by atoms with van der Waals surface area (Å²) in [6, 6.07) is 1.65. The van der Waals surface area contributed by atoms with Crippen molar-refractivity contribution in [3.63, 3.8) is 0 Å². The zero-order valence-corrected chi connectivity index (χ0v) is 11.2. The third-order valence-corrected chi connectivity index (χ3v) is 3.00. The van der Waals surface area contributed by atoms with Crippen molar-refractivity contribution in [2.45, 2.75) is 0 Å². The Bertz CT molecular complexity index is 561. The molecule has 108 valence electrons. The molecule has 1 aromatic rings. The van der Waals surface area contributed by atoms with E-state index in [1.54, 1.807) is 0 Å². The lowest BCUT2D eigenvalue weighted by molar-refractivity contribution is -0.116. The van der Waals surface area contributed by atoms with E-state index in [9.17, 15) is 18.4 Å². The minimum atomic E-state index is -1.11. The molecule has 0 aromatic heterocycles. The molecule has 2 rings (SSSR count). The number of nitrogens with zero attached hydrogens (tertiary/aromatic N) is 2. The summed E-state index contributed by atoms with van der Waals surface area (Å²) in [6.07, 6.45) is 0. The van der Waals surface area contributed by atoms with Gasteiger partial charge in [0.1, 0.15) is 6.54 Å². The van der Waals surface area contributed by atoms with Gasteiger partial charge in [-0.1, -0.05) is 0 Å². The molecule has 0 saturated carbocycles. The van der Waals surface area contributed by atoms with Gasteiger partial charge in [0.15, 0.2) is 11.6 Å². The van der Waals surface area contributed by atoms with Crippen LogP contribution in [0.25, 0.3) is 0 Å². The Morgan fingerprint density at radius 2 is 1.90 bits per heavy atom. The summed E-state index contributed by atoms with van der Waals surface area (Å²) in [4.78, 5) is 27.2. The number of carbonyl (C=O) groups is 2. The predicted molar refractivity (Wildman–Crippen MR) is 69.4 cm³/mol. The lowest BCUT2D eigenvalue weighted by atomic mass is 10.1. The lowest BCUT2D eigenvalue weighted by Crippen LogP contribution is -2.39. The highest BCUT2D eigenvalue weighted by atomic mass is 19.2. The van der Waals surface area contributed by atoms with Gasteiger partial charge < -0.3 is 15.1 Å². The maximum atomic E-state index is 13.3. The molecule has 1 aromatic carbocycles. The quantitative estimate of drug-likeness (QED) is 0.897. The summed E-state index contributed by atoms with van der Waals surface area (Å²) in [5.41, 5.74) is -0.0280. The monoisotopic (exact) mass is 283 g/mol. The van der Waals surface area contributed by atoms with Crippen LogP contribution in [0.2, 0.25) is 0 Å². The van der Waals surface area contributed by atoms with Crippen molar-refractivity contribution in [1.29, 1.82) is 0 Å². The second-order valence-electron chi connectivity index (χ2n) is 4.89. The Balaban J connectivity index is 2.34. The highest BCUT2D eigenvalue weighted by molar-refractivity contribution is 6.08. The molecule has 20 heavy (non-hydrogen) atoms. The molecule has 0 radical (unpaired) electrons. The minimum absolute atomic E-state index is 0.00579. The Morgan fingerprint density at radius 3 is 2.55 bits per heavy atom. The molecule has 1 aliphatic rings. The number of rotatable bonds is 3. The molecule has 0 bridgehead atoms. The van der Waals surface area contributed by atoms with Crippen LogP contribution < -0.4 is 5.32 Å². The number of amides is 2. The van der Waals surface area contributed by atoms with Crippen molar-refractivity contribution >= 4 is 17.5 Å². The molecule has 0 aliphatic carbocycles. The molecular formula is C13H15F2N3O2. The van der Waals surface area contributed by atoms with Crippen LogP contribution >= 0.6 is 0 Å². The van der Waals surface area contributed by atoms with Gasteiger partial charge in [0.05, 0.1) is 11.3 Å². The number of carbonyl (C=O) groups excluding carboxylic acids is 2. The van der Waals surface area contributed by atoms with Crippen LogP contribution in [0.1, 0.15) is 10.4 Å². The normalized spacial score (nSPS) is 15.2. The first-order valence-electron chi connectivity index (χ1n) is 6.11. The number of hydrogen-bond acceptors (Lipinski definition) is 3. The Labute approximate surface area is 115 Å². The van der Waals surface area contributed by atoms with Gasteiger partial charge in [0.25, 0.3) is 5.91 Å². The molecule has 5 nitrogen and oxygen atoms in total. The summed E-state index contributed by atoms with van der Waals surface area (Å²) >= 11 is 0. The van der Waals surface area contributed by atoms with E-state index in [4.69, 9.17) is 0 Å². The van der Waals surface area contributed by atoms with Crippen molar-refractivity contribution in [3.8, 4) is 0 Å². The van der Waals surface area contributed by atoms with Crippen LogP contribution in [0.15, 0.2) is 12.1 Å². The largest absolute Gasteiger partial charge is 0.328 e. The van der Waals surface area contributed by atoms with Gasteiger partial charge in [-0.25, -0.2) is 8.78 Å². The maximum absolute atomic E-state index is 13.3. The Kier molecular flexibility index (Phi) is 3.99. The van der Waals surface area contributed by atoms with Gasteiger partial charge in [-0.05, 0) is 20.2 Å². The van der Waals surface area contributed by atoms with E-state index < -0.39 is 23.4 Å². The molecular weight excluding hydrogens is 268 g/mol. The van der Waals surface area contributed by atoms with Gasteiger partial charge in [0.2, 0.25) is 5.91 Å². The second-order valence-corrected chi connectivity index (χ2v) is 4.89. The smallest absolute Gasteiger partial charge is 0.256 e.